The van der Waals surface area contributed by atoms with E-state index in [0.717, 1.165) is 42.8 Å². The molecule has 4 rings (SSSR count). The second-order valence-electron chi connectivity index (χ2n) is 6.97. The van der Waals surface area contributed by atoms with Crippen LogP contribution >= 0.6 is 0 Å². The summed E-state index contributed by atoms with van der Waals surface area (Å²) in [5, 5.41) is 13.8. The van der Waals surface area contributed by atoms with Crippen LogP contribution in [-0.2, 0) is 0 Å². The number of nitrogens with one attached hydrogen (secondary N) is 1. The zero-order valence-corrected chi connectivity index (χ0v) is 15.0. The summed E-state index contributed by atoms with van der Waals surface area (Å²) < 4.78 is 6.12. The molecule has 1 atom stereocenters. The van der Waals surface area contributed by atoms with Crippen LogP contribution in [0.1, 0.15) is 42.4 Å². The lowest BCUT2D eigenvalue weighted by atomic mass is 9.74. The van der Waals surface area contributed by atoms with E-state index >= 15 is 0 Å². The van der Waals surface area contributed by atoms with E-state index in [-0.39, 0.29) is 11.7 Å². The van der Waals surface area contributed by atoms with E-state index in [9.17, 15) is 5.11 Å². The van der Waals surface area contributed by atoms with Crippen LogP contribution in [-0.4, -0.2) is 30.6 Å². The van der Waals surface area contributed by atoms with Crippen LogP contribution in [0.2, 0.25) is 0 Å². The smallest absolute Gasteiger partial charge is 0.172 e. The van der Waals surface area contributed by atoms with Gasteiger partial charge in [0.05, 0.1) is 0 Å². The number of benzene rings is 2. The minimum absolute atomic E-state index is 0.188. The fourth-order valence-corrected chi connectivity index (χ4v) is 4.16. The van der Waals surface area contributed by atoms with Gasteiger partial charge in [0.1, 0.15) is 11.6 Å². The Bertz CT molecular complexity index is 841. The normalized spacial score (nSPS) is 20.2. The third-order valence-electron chi connectivity index (χ3n) is 5.40. The average molecular weight is 351 g/mol. The van der Waals surface area contributed by atoms with E-state index in [1.54, 1.807) is 6.07 Å². The number of amidine groups is 1. The predicted octanol–water partition coefficient (Wildman–Crippen LogP) is 3.35. The Balaban J connectivity index is 1.82. The van der Waals surface area contributed by atoms with Gasteiger partial charge in [-0.15, -0.1) is 0 Å². The number of aromatic hydroxyl groups is 1. The van der Waals surface area contributed by atoms with Gasteiger partial charge in [0, 0.05) is 29.2 Å². The molecule has 1 fully saturated rings. The number of phenols is 1. The van der Waals surface area contributed by atoms with Crippen molar-refractivity contribution in [1.29, 1.82) is 0 Å². The van der Waals surface area contributed by atoms with Crippen LogP contribution in [0.3, 0.4) is 0 Å². The molecule has 2 aromatic rings. The molecular weight excluding hydrogens is 326 g/mol. The Morgan fingerprint density at radius 1 is 1.23 bits per heavy atom. The lowest BCUT2D eigenvalue weighted by molar-refractivity contribution is 0.315. The molecule has 1 unspecified atom stereocenters. The van der Waals surface area contributed by atoms with Crippen LogP contribution < -0.4 is 15.8 Å². The number of nitrogens with two attached hydrogens (primary N) is 1. The van der Waals surface area contributed by atoms with Crippen molar-refractivity contribution in [1.82, 2.24) is 5.32 Å². The third-order valence-corrected chi connectivity index (χ3v) is 5.40. The van der Waals surface area contributed by atoms with Gasteiger partial charge in [-0.05, 0) is 50.9 Å². The molecule has 0 radical (unpaired) electrons. The zero-order chi connectivity index (χ0) is 18.1. The van der Waals surface area contributed by atoms with Crippen molar-refractivity contribution in [2.24, 2.45) is 16.6 Å². The van der Waals surface area contributed by atoms with Crippen molar-refractivity contribution in [3.63, 3.8) is 0 Å². The number of piperidine rings is 1. The first-order valence-electron chi connectivity index (χ1n) is 9.33. The lowest BCUT2D eigenvalue weighted by Gasteiger charge is -2.36. The van der Waals surface area contributed by atoms with Crippen LogP contribution in [0.5, 0.6) is 17.2 Å². The van der Waals surface area contributed by atoms with Crippen molar-refractivity contribution >= 4 is 5.84 Å². The quantitative estimate of drug-likeness (QED) is 0.585. The average Bonchev–Trinajstić information content (AvgIpc) is 2.67. The summed E-state index contributed by atoms with van der Waals surface area (Å²) in [5.74, 6) is 2.79. The Hall–Kier alpha value is -2.53. The number of ether oxygens (including phenoxy) is 1. The number of hydrogen-bond acceptors (Lipinski definition) is 4. The van der Waals surface area contributed by atoms with Crippen molar-refractivity contribution in [2.45, 2.75) is 25.7 Å². The first-order valence-corrected chi connectivity index (χ1v) is 9.33. The first-order chi connectivity index (χ1) is 12.7. The van der Waals surface area contributed by atoms with Crippen molar-refractivity contribution in [2.75, 3.05) is 19.6 Å². The molecule has 0 aliphatic carbocycles. The van der Waals surface area contributed by atoms with E-state index in [4.69, 9.17) is 10.5 Å². The van der Waals surface area contributed by atoms with Crippen molar-refractivity contribution < 1.29 is 9.84 Å². The topological polar surface area (TPSA) is 79.9 Å². The van der Waals surface area contributed by atoms with Gasteiger partial charge >= 0.3 is 0 Å². The summed E-state index contributed by atoms with van der Waals surface area (Å²) in [7, 11) is 0. The monoisotopic (exact) mass is 351 g/mol. The number of fused-ring (bicyclic) bond motifs is 2. The fourth-order valence-electron chi connectivity index (χ4n) is 4.16. The molecule has 5 nitrogen and oxygen atoms in total. The lowest BCUT2D eigenvalue weighted by Crippen LogP contribution is -2.32. The molecule has 26 heavy (non-hydrogen) atoms. The van der Waals surface area contributed by atoms with Gasteiger partial charge in [-0.1, -0.05) is 24.3 Å². The van der Waals surface area contributed by atoms with Gasteiger partial charge in [0.2, 0.25) is 0 Å². The molecule has 1 saturated heterocycles. The Morgan fingerprint density at radius 3 is 2.81 bits per heavy atom. The fraction of sp³-hybridized carbons (Fsp3) is 0.381. The van der Waals surface area contributed by atoms with E-state index in [0.29, 0.717) is 24.0 Å². The van der Waals surface area contributed by atoms with Gasteiger partial charge in [0.15, 0.2) is 11.5 Å². The highest BCUT2D eigenvalue weighted by molar-refractivity contribution is 5.98. The molecule has 0 aromatic heterocycles. The molecule has 0 saturated carbocycles. The standard InChI is InChI=1S/C21H25N3O2/c1-2-24-21(22)14-6-7-15-18(12-14)26-20-16(4-3-5-17(20)25)19(15)13-8-10-23-11-9-13/h3-7,12-13,19,23,25H,2,8-11H2,1H3,(H2,22,24). The molecule has 2 aromatic carbocycles. The number of para-hydroxylation sites is 1. The molecule has 0 spiro atoms. The number of nitrogens with zero attached hydrogens (tertiary/aromatic N) is 1. The summed E-state index contributed by atoms with van der Waals surface area (Å²) in [5.41, 5.74) is 9.18. The van der Waals surface area contributed by atoms with Gasteiger partial charge in [-0.2, -0.15) is 0 Å². The Kier molecular flexibility index (Phi) is 4.55. The van der Waals surface area contributed by atoms with Gasteiger partial charge < -0.3 is 20.9 Å². The maximum atomic E-state index is 10.4. The van der Waals surface area contributed by atoms with Crippen molar-refractivity contribution in [3.8, 4) is 17.2 Å². The summed E-state index contributed by atoms with van der Waals surface area (Å²) in [4.78, 5) is 4.30. The van der Waals surface area contributed by atoms with E-state index < -0.39 is 0 Å². The van der Waals surface area contributed by atoms with E-state index in [1.165, 1.54) is 5.56 Å². The van der Waals surface area contributed by atoms with Gasteiger partial charge in [-0.25, -0.2) is 0 Å². The summed E-state index contributed by atoms with van der Waals surface area (Å²) in [6.07, 6.45) is 2.22. The molecule has 136 valence electrons. The van der Waals surface area contributed by atoms with Crippen LogP contribution in [0, 0.1) is 5.92 Å². The number of hydrogen-bond donors (Lipinski definition) is 3. The highest BCUT2D eigenvalue weighted by Crippen LogP contribution is 2.52. The molecular formula is C21H25N3O2. The highest BCUT2D eigenvalue weighted by atomic mass is 16.5. The Morgan fingerprint density at radius 2 is 2.04 bits per heavy atom. The third kappa shape index (κ3) is 2.92. The largest absolute Gasteiger partial charge is 0.504 e. The zero-order valence-electron chi connectivity index (χ0n) is 15.0. The molecule has 5 heteroatoms. The van der Waals surface area contributed by atoms with Crippen LogP contribution in [0.15, 0.2) is 41.4 Å². The SMILES string of the molecule is CCN=C(N)c1ccc2c(c1)Oc1c(O)cccc1C2C1CCNCC1. The van der Waals surface area contributed by atoms with E-state index in [1.807, 2.05) is 25.1 Å². The minimum Gasteiger partial charge on any atom is -0.504 e. The molecule has 0 amide bonds. The molecule has 0 bridgehead atoms. The minimum atomic E-state index is 0.188. The molecule has 2 heterocycles. The van der Waals surface area contributed by atoms with E-state index in [2.05, 4.69) is 22.4 Å². The summed E-state index contributed by atoms with van der Waals surface area (Å²) in [6.45, 7) is 4.66. The number of aliphatic imine (C=N–C) groups is 1. The number of rotatable bonds is 3. The van der Waals surface area contributed by atoms with Crippen molar-refractivity contribution in [3.05, 3.63) is 53.1 Å². The molecule has 4 N–H and O–H groups in total. The maximum Gasteiger partial charge on any atom is 0.172 e. The van der Waals surface area contributed by atoms with Crippen LogP contribution in [0.4, 0.5) is 0 Å². The van der Waals surface area contributed by atoms with Crippen LogP contribution in [0.25, 0.3) is 0 Å². The summed E-state index contributed by atoms with van der Waals surface area (Å²) >= 11 is 0. The first kappa shape index (κ1) is 16.9. The highest BCUT2D eigenvalue weighted by Gasteiger charge is 2.35. The van der Waals surface area contributed by atoms with Gasteiger partial charge in [0.25, 0.3) is 0 Å². The second kappa shape index (κ2) is 7.00. The molecule has 2 aliphatic rings. The maximum absolute atomic E-state index is 10.4. The number of phenolic OH excluding ortho intramolecular Hbond substituents is 1. The molecule has 2 aliphatic heterocycles. The van der Waals surface area contributed by atoms with Gasteiger partial charge in [-0.3, -0.25) is 4.99 Å². The Labute approximate surface area is 153 Å². The predicted molar refractivity (Wildman–Crippen MR) is 103 cm³/mol. The second-order valence-corrected chi connectivity index (χ2v) is 6.97. The summed E-state index contributed by atoms with van der Waals surface area (Å²) in [6, 6.07) is 11.7.